The fraction of sp³-hybridized carbons (Fsp3) is 0.608. The normalized spacial score (nSPS) is 36.5. The molecule has 3 aromatic rings. The first-order valence-corrected chi connectivity index (χ1v) is 22.2. The second-order valence-electron chi connectivity index (χ2n) is 20.1. The average Bonchev–Trinajstić information content (AvgIpc) is 3.96. The zero-order valence-corrected chi connectivity index (χ0v) is 36.1. The average molecular weight is 757 g/mol. The van der Waals surface area contributed by atoms with Gasteiger partial charge in [-0.15, -0.1) is 6.58 Å². The predicted molar refractivity (Wildman–Crippen MR) is 234 cm³/mol. The molecule has 5 fully saturated rings. The Morgan fingerprint density at radius 3 is 2.23 bits per heavy atom. The molecule has 5 aliphatic carbocycles. The van der Waals surface area contributed by atoms with Crippen molar-refractivity contribution >= 4 is 11.6 Å². The van der Waals surface area contributed by atoms with E-state index in [2.05, 4.69) is 106 Å². The maximum Gasteiger partial charge on any atom is 0.318 e. The summed E-state index contributed by atoms with van der Waals surface area (Å²) in [5, 5.41) is 3.77. The van der Waals surface area contributed by atoms with Crippen molar-refractivity contribution in [3.05, 3.63) is 97.0 Å². The molecule has 2 heterocycles. The number of likely N-dealkylation sites (tertiary alicyclic amines) is 1. The minimum Gasteiger partial charge on any atom is -0.345 e. The van der Waals surface area contributed by atoms with Gasteiger partial charge in [0, 0.05) is 18.1 Å². The molecule has 1 aliphatic heterocycles. The number of carbonyl (C=O) groups excluding carboxylic acids is 1. The first kappa shape index (κ1) is 40.6. The zero-order chi connectivity index (χ0) is 39.9. The van der Waals surface area contributed by atoms with Gasteiger partial charge in [-0.05, 0) is 153 Å². The van der Waals surface area contributed by atoms with Crippen LogP contribution in [-0.2, 0) is 0 Å². The highest BCUT2D eigenvalue weighted by molar-refractivity contribution is 5.76. The van der Waals surface area contributed by atoms with Gasteiger partial charge in [-0.1, -0.05) is 113 Å². The quantitative estimate of drug-likeness (QED) is 0.261. The van der Waals surface area contributed by atoms with Gasteiger partial charge in [-0.2, -0.15) is 0 Å². The lowest BCUT2D eigenvalue weighted by Gasteiger charge is -2.72. The van der Waals surface area contributed by atoms with E-state index in [-0.39, 0.29) is 17.0 Å². The second kappa shape index (κ2) is 15.6. The molecule has 7 unspecified atom stereocenters. The molecule has 6 aliphatic rings. The lowest BCUT2D eigenvalue weighted by Crippen LogP contribution is -2.68. The number of carbonyl (C=O) groups is 1. The number of H-pyrrole nitrogens is 1. The van der Waals surface area contributed by atoms with Crippen LogP contribution in [-0.4, -0.2) is 39.0 Å². The van der Waals surface area contributed by atoms with Crippen LogP contribution < -0.4 is 5.32 Å². The van der Waals surface area contributed by atoms with Gasteiger partial charge in [-0.25, -0.2) is 9.78 Å². The molecule has 2 amide bonds. The topological polar surface area (TPSA) is 61.0 Å². The number of aromatic nitrogens is 2. The summed E-state index contributed by atoms with van der Waals surface area (Å²) in [7, 11) is 0. The molecule has 56 heavy (non-hydrogen) atoms. The number of allylic oxidation sites excluding steroid dienone is 3. The number of urea groups is 1. The minimum atomic E-state index is 0.0341. The second-order valence-corrected chi connectivity index (χ2v) is 20.1. The van der Waals surface area contributed by atoms with E-state index in [1.807, 2.05) is 43.5 Å². The van der Waals surface area contributed by atoms with E-state index in [9.17, 15) is 4.79 Å². The molecule has 9 rings (SSSR count). The Labute approximate surface area is 339 Å². The Balaban J connectivity index is 0.000000289. The number of fused-ring (bicyclic) bond motifs is 7. The number of hydrogen-bond acceptors (Lipinski definition) is 2. The lowest BCUT2D eigenvalue weighted by atomic mass is 9.33. The lowest BCUT2D eigenvalue weighted by molar-refractivity contribution is -0.216. The number of aromatic amines is 1. The van der Waals surface area contributed by atoms with Gasteiger partial charge >= 0.3 is 6.03 Å². The first-order valence-electron chi connectivity index (χ1n) is 22.2. The monoisotopic (exact) mass is 757 g/mol. The smallest absolute Gasteiger partial charge is 0.318 e. The number of benzene rings is 2. The maximum atomic E-state index is 13.6. The molecular formula is C51H72N4O. The van der Waals surface area contributed by atoms with Crippen LogP contribution in [0.15, 0.2) is 85.9 Å². The number of imidazole rings is 1. The fourth-order valence-electron chi connectivity index (χ4n) is 14.2. The summed E-state index contributed by atoms with van der Waals surface area (Å²) < 4.78 is 0. The van der Waals surface area contributed by atoms with Crippen molar-refractivity contribution < 1.29 is 4.79 Å². The van der Waals surface area contributed by atoms with Crippen molar-refractivity contribution in [3.8, 4) is 11.3 Å². The zero-order valence-electron chi connectivity index (χ0n) is 36.1. The molecule has 5 nitrogen and oxygen atoms in total. The van der Waals surface area contributed by atoms with Gasteiger partial charge in [0.15, 0.2) is 0 Å². The molecule has 302 valence electrons. The Bertz CT molecular complexity index is 1850. The predicted octanol–water partition coefficient (Wildman–Crippen LogP) is 13.1. The van der Waals surface area contributed by atoms with Crippen molar-refractivity contribution in [2.45, 2.75) is 144 Å². The van der Waals surface area contributed by atoms with Crippen LogP contribution in [0.3, 0.4) is 0 Å². The SMILES string of the molecule is C=CC.Cc1ccc(C2=CCC3(C)C(CCC4(C)C3CCC3C5CCCC5(NC(=O)N5CCC[C@H]5C)CC[C@]34C)C2(C)C)cc1.c1ccc(-c2cnc[nH]2)cc1. The Morgan fingerprint density at radius 2 is 1.57 bits per heavy atom. The number of amides is 2. The van der Waals surface area contributed by atoms with E-state index in [0.717, 1.165) is 42.8 Å². The third-order valence-corrected chi connectivity index (χ3v) is 17.1. The largest absolute Gasteiger partial charge is 0.345 e. The summed E-state index contributed by atoms with van der Waals surface area (Å²) in [5.74, 6) is 2.88. The van der Waals surface area contributed by atoms with Gasteiger partial charge in [-0.3, -0.25) is 0 Å². The number of hydrogen-bond donors (Lipinski definition) is 2. The van der Waals surface area contributed by atoms with Gasteiger partial charge in [0.1, 0.15) is 0 Å². The van der Waals surface area contributed by atoms with Crippen LogP contribution in [0.4, 0.5) is 4.79 Å². The maximum absolute atomic E-state index is 13.6. The number of aryl methyl sites for hydroxylation is 1. The molecule has 4 saturated carbocycles. The van der Waals surface area contributed by atoms with E-state index in [1.54, 1.807) is 18.0 Å². The Morgan fingerprint density at radius 1 is 0.839 bits per heavy atom. The van der Waals surface area contributed by atoms with E-state index >= 15 is 0 Å². The third-order valence-electron chi connectivity index (χ3n) is 17.1. The van der Waals surface area contributed by atoms with Crippen molar-refractivity contribution in [1.29, 1.82) is 0 Å². The summed E-state index contributed by atoms with van der Waals surface area (Å²) in [6.45, 7) is 23.9. The van der Waals surface area contributed by atoms with Gasteiger partial charge in [0.25, 0.3) is 0 Å². The van der Waals surface area contributed by atoms with Crippen LogP contribution in [0.25, 0.3) is 16.8 Å². The molecule has 0 spiro atoms. The van der Waals surface area contributed by atoms with E-state index in [1.165, 1.54) is 80.9 Å². The molecule has 1 saturated heterocycles. The van der Waals surface area contributed by atoms with Crippen LogP contribution in [0.2, 0.25) is 0 Å². The van der Waals surface area contributed by atoms with Crippen LogP contribution >= 0.6 is 0 Å². The molecule has 2 N–H and O–H groups in total. The van der Waals surface area contributed by atoms with Crippen molar-refractivity contribution in [1.82, 2.24) is 20.2 Å². The Kier molecular flexibility index (Phi) is 11.3. The van der Waals surface area contributed by atoms with E-state index < -0.39 is 0 Å². The Hall–Kier alpha value is -3.60. The highest BCUT2D eigenvalue weighted by Gasteiger charge is 2.69. The van der Waals surface area contributed by atoms with Gasteiger partial charge in [0.05, 0.1) is 18.2 Å². The highest BCUT2D eigenvalue weighted by atomic mass is 16.2. The van der Waals surface area contributed by atoms with Crippen molar-refractivity contribution in [3.63, 3.8) is 0 Å². The van der Waals surface area contributed by atoms with Crippen LogP contribution in [0.1, 0.15) is 137 Å². The third kappa shape index (κ3) is 6.81. The van der Waals surface area contributed by atoms with Crippen LogP contribution in [0, 0.1) is 52.3 Å². The van der Waals surface area contributed by atoms with Crippen molar-refractivity contribution in [2.24, 2.45) is 45.3 Å². The van der Waals surface area contributed by atoms with Gasteiger partial charge < -0.3 is 15.2 Å². The summed E-state index contributed by atoms with van der Waals surface area (Å²) in [4.78, 5) is 22.7. The molecule has 1 aromatic heterocycles. The summed E-state index contributed by atoms with van der Waals surface area (Å²) in [5.41, 5.74) is 7.90. The minimum absolute atomic E-state index is 0.0341. The summed E-state index contributed by atoms with van der Waals surface area (Å²) >= 11 is 0. The number of nitrogens with one attached hydrogen (secondary N) is 2. The standard InChI is InChI=1S/C39H58N2O.C9H8N2.C3H6/c1-26-12-14-28(15-13-26)29-18-21-36(5)32(35(29,3)4)19-22-38(7)33(36)17-16-30-31-11-8-20-39(31,24-23-37(30,38)6)40-34(42)41-25-9-10-27(41)2;1-2-4-8(5-3-1)9-6-10-7-11-9;1-3-2/h12-15,18,27,30-33H,8-11,16-17,19-25H2,1-7H3,(H,40,42);1-7H,(H,10,11);3H,1H2,2H3/t27-,30?,31?,32?,33?,36?,37-,38?,39?;;/m1../s1. The molecule has 0 bridgehead atoms. The number of nitrogens with zero attached hydrogens (tertiary/aromatic N) is 2. The van der Waals surface area contributed by atoms with Gasteiger partial charge in [0.2, 0.25) is 0 Å². The molecular weight excluding hydrogens is 685 g/mol. The first-order chi connectivity index (χ1) is 26.7. The fourth-order valence-corrected chi connectivity index (χ4v) is 14.2. The highest BCUT2D eigenvalue weighted by Crippen LogP contribution is 2.76. The molecule has 0 radical (unpaired) electrons. The molecule has 9 atom stereocenters. The van der Waals surface area contributed by atoms with E-state index in [0.29, 0.717) is 28.2 Å². The summed E-state index contributed by atoms with van der Waals surface area (Å²) in [6.07, 6.45) is 23.2. The molecule has 2 aromatic carbocycles. The molecule has 5 heteroatoms. The van der Waals surface area contributed by atoms with E-state index in [4.69, 9.17) is 0 Å². The van der Waals surface area contributed by atoms with Crippen molar-refractivity contribution in [2.75, 3.05) is 6.54 Å². The number of rotatable bonds is 3. The summed E-state index contributed by atoms with van der Waals surface area (Å²) in [6, 6.07) is 20.1. The van der Waals surface area contributed by atoms with Crippen LogP contribution in [0.5, 0.6) is 0 Å².